The molecule has 0 radical (unpaired) electrons. The van der Waals surface area contributed by atoms with Crippen molar-refractivity contribution in [3.63, 3.8) is 0 Å². The minimum atomic E-state index is -0.108. The highest BCUT2D eigenvalue weighted by molar-refractivity contribution is 5.84. The normalized spacial score (nSPS) is 16.9. The van der Waals surface area contributed by atoms with Crippen molar-refractivity contribution >= 4 is 5.91 Å². The Morgan fingerprint density at radius 1 is 1.40 bits per heavy atom. The number of nitrogens with one attached hydrogen (secondary N) is 1. The van der Waals surface area contributed by atoms with Crippen molar-refractivity contribution in [1.82, 2.24) is 10.2 Å². The first-order chi connectivity index (χ1) is 9.67. The van der Waals surface area contributed by atoms with Crippen LogP contribution in [0.15, 0.2) is 18.2 Å². The fourth-order valence-corrected chi connectivity index (χ4v) is 2.76. The largest absolute Gasteiger partial charge is 0.496 e. The van der Waals surface area contributed by atoms with Gasteiger partial charge >= 0.3 is 0 Å². The number of benzene rings is 1. The van der Waals surface area contributed by atoms with Crippen LogP contribution in [0, 0.1) is 6.92 Å². The average molecular weight is 276 g/mol. The molecule has 1 aromatic carbocycles. The van der Waals surface area contributed by atoms with Crippen molar-refractivity contribution in [3.8, 4) is 5.75 Å². The third-order valence-corrected chi connectivity index (χ3v) is 3.90. The number of ether oxygens (including phenoxy) is 1. The lowest BCUT2D eigenvalue weighted by molar-refractivity contribution is -0.133. The zero-order valence-corrected chi connectivity index (χ0v) is 12.6. The van der Waals surface area contributed by atoms with Gasteiger partial charge in [0.1, 0.15) is 5.75 Å². The minimum Gasteiger partial charge on any atom is -0.496 e. The number of methoxy groups -OCH3 is 1. The van der Waals surface area contributed by atoms with Crippen LogP contribution in [0.5, 0.6) is 5.75 Å². The van der Waals surface area contributed by atoms with Gasteiger partial charge in [0, 0.05) is 31.7 Å². The summed E-state index contributed by atoms with van der Waals surface area (Å²) in [5.74, 6) is 0.923. The summed E-state index contributed by atoms with van der Waals surface area (Å²) in [5.41, 5.74) is 2.17. The molecule has 0 bridgehead atoms. The standard InChI is InChI=1S/C16H24N2O2/c1-4-13(16(19)18-9-7-17-8-10-18)14-11-12(2)5-6-15(14)20-3/h5-6,11,13,17H,4,7-10H2,1-3H3. The summed E-state index contributed by atoms with van der Waals surface area (Å²) in [6.45, 7) is 7.46. The van der Waals surface area contributed by atoms with E-state index in [4.69, 9.17) is 4.74 Å². The minimum absolute atomic E-state index is 0.108. The smallest absolute Gasteiger partial charge is 0.230 e. The van der Waals surface area contributed by atoms with Crippen LogP contribution in [-0.2, 0) is 4.79 Å². The topological polar surface area (TPSA) is 41.6 Å². The molecule has 1 aliphatic heterocycles. The van der Waals surface area contributed by atoms with Gasteiger partial charge in [-0.1, -0.05) is 24.6 Å². The molecule has 1 amide bonds. The van der Waals surface area contributed by atoms with Crippen LogP contribution >= 0.6 is 0 Å². The molecule has 0 aliphatic carbocycles. The molecule has 0 spiro atoms. The molecule has 4 heteroatoms. The Kier molecular flexibility index (Phi) is 5.01. The summed E-state index contributed by atoms with van der Waals surface area (Å²) in [5, 5.41) is 3.28. The fraction of sp³-hybridized carbons (Fsp3) is 0.562. The first-order valence-electron chi connectivity index (χ1n) is 7.31. The molecule has 1 aromatic rings. The van der Waals surface area contributed by atoms with E-state index in [2.05, 4.69) is 18.3 Å². The second-order valence-electron chi connectivity index (χ2n) is 5.28. The molecule has 1 unspecified atom stereocenters. The van der Waals surface area contributed by atoms with Gasteiger partial charge in [0.15, 0.2) is 0 Å². The number of aryl methyl sites for hydroxylation is 1. The molecule has 20 heavy (non-hydrogen) atoms. The molecular weight excluding hydrogens is 252 g/mol. The quantitative estimate of drug-likeness (QED) is 0.913. The maximum absolute atomic E-state index is 12.8. The molecule has 1 aliphatic rings. The third kappa shape index (κ3) is 3.12. The van der Waals surface area contributed by atoms with Crippen molar-refractivity contribution in [1.29, 1.82) is 0 Å². The average Bonchev–Trinajstić information content (AvgIpc) is 2.49. The highest BCUT2D eigenvalue weighted by atomic mass is 16.5. The van der Waals surface area contributed by atoms with Gasteiger partial charge in [-0.15, -0.1) is 0 Å². The Morgan fingerprint density at radius 3 is 2.70 bits per heavy atom. The second-order valence-corrected chi connectivity index (χ2v) is 5.28. The first kappa shape index (κ1) is 14.9. The lowest BCUT2D eigenvalue weighted by Crippen LogP contribution is -2.48. The Balaban J connectivity index is 2.26. The molecule has 1 saturated heterocycles. The van der Waals surface area contributed by atoms with Crippen LogP contribution in [-0.4, -0.2) is 44.1 Å². The molecule has 0 saturated carbocycles. The lowest BCUT2D eigenvalue weighted by Gasteiger charge is -2.31. The first-order valence-corrected chi connectivity index (χ1v) is 7.31. The summed E-state index contributed by atoms with van der Waals surface area (Å²) < 4.78 is 5.44. The van der Waals surface area contributed by atoms with E-state index >= 15 is 0 Å². The van der Waals surface area contributed by atoms with Crippen LogP contribution in [0.4, 0.5) is 0 Å². The van der Waals surface area contributed by atoms with E-state index in [0.29, 0.717) is 0 Å². The van der Waals surface area contributed by atoms with Crippen molar-refractivity contribution < 1.29 is 9.53 Å². The highest BCUT2D eigenvalue weighted by Crippen LogP contribution is 2.31. The van der Waals surface area contributed by atoms with E-state index in [1.807, 2.05) is 24.0 Å². The molecule has 0 aromatic heterocycles. The number of nitrogens with zero attached hydrogens (tertiary/aromatic N) is 1. The Bertz CT molecular complexity index is 468. The highest BCUT2D eigenvalue weighted by Gasteiger charge is 2.27. The molecule has 1 atom stereocenters. The van der Waals surface area contributed by atoms with E-state index in [1.54, 1.807) is 7.11 Å². The van der Waals surface area contributed by atoms with Gasteiger partial charge in [-0.3, -0.25) is 4.79 Å². The summed E-state index contributed by atoms with van der Waals surface area (Å²) in [4.78, 5) is 14.7. The van der Waals surface area contributed by atoms with Gasteiger partial charge in [-0.05, 0) is 19.4 Å². The Labute approximate surface area is 121 Å². The van der Waals surface area contributed by atoms with Gasteiger partial charge in [0.2, 0.25) is 5.91 Å². The number of rotatable bonds is 4. The molecule has 1 N–H and O–H groups in total. The number of hydrogen-bond acceptors (Lipinski definition) is 3. The van der Waals surface area contributed by atoms with Gasteiger partial charge in [-0.2, -0.15) is 0 Å². The summed E-state index contributed by atoms with van der Waals surface area (Å²) >= 11 is 0. The van der Waals surface area contributed by atoms with E-state index in [1.165, 1.54) is 0 Å². The van der Waals surface area contributed by atoms with Gasteiger partial charge in [0.05, 0.1) is 13.0 Å². The zero-order valence-electron chi connectivity index (χ0n) is 12.6. The molecular formula is C16H24N2O2. The van der Waals surface area contributed by atoms with E-state index < -0.39 is 0 Å². The lowest BCUT2D eigenvalue weighted by atomic mass is 9.92. The molecule has 4 nitrogen and oxygen atoms in total. The fourth-order valence-electron chi connectivity index (χ4n) is 2.76. The second kappa shape index (κ2) is 6.75. The van der Waals surface area contributed by atoms with E-state index in [-0.39, 0.29) is 11.8 Å². The number of piperazine rings is 1. The monoisotopic (exact) mass is 276 g/mol. The third-order valence-electron chi connectivity index (χ3n) is 3.90. The van der Waals surface area contributed by atoms with Crippen molar-refractivity contribution in [2.75, 3.05) is 33.3 Å². The predicted octanol–water partition coefficient (Wildman–Crippen LogP) is 1.93. The van der Waals surface area contributed by atoms with Gasteiger partial charge in [-0.25, -0.2) is 0 Å². The van der Waals surface area contributed by atoms with Crippen molar-refractivity contribution in [2.45, 2.75) is 26.2 Å². The van der Waals surface area contributed by atoms with Crippen LogP contribution in [0.3, 0.4) is 0 Å². The number of carbonyl (C=O) groups excluding carboxylic acids is 1. The maximum Gasteiger partial charge on any atom is 0.230 e. The zero-order chi connectivity index (χ0) is 14.5. The van der Waals surface area contributed by atoms with E-state index in [0.717, 1.165) is 49.5 Å². The van der Waals surface area contributed by atoms with Gasteiger partial charge in [0.25, 0.3) is 0 Å². The summed E-state index contributed by atoms with van der Waals surface area (Å²) in [7, 11) is 1.66. The van der Waals surface area contributed by atoms with Crippen LogP contribution in [0.1, 0.15) is 30.4 Å². The van der Waals surface area contributed by atoms with Crippen LogP contribution in [0.2, 0.25) is 0 Å². The Morgan fingerprint density at radius 2 is 2.10 bits per heavy atom. The molecule has 1 heterocycles. The summed E-state index contributed by atoms with van der Waals surface area (Å²) in [6.07, 6.45) is 0.794. The SMILES string of the molecule is CCC(C(=O)N1CCNCC1)c1cc(C)ccc1OC. The maximum atomic E-state index is 12.8. The Hall–Kier alpha value is -1.55. The molecule has 2 rings (SSSR count). The molecule has 1 fully saturated rings. The van der Waals surface area contributed by atoms with E-state index in [9.17, 15) is 4.79 Å². The summed E-state index contributed by atoms with van der Waals surface area (Å²) in [6, 6.07) is 6.05. The van der Waals surface area contributed by atoms with Crippen molar-refractivity contribution in [3.05, 3.63) is 29.3 Å². The number of hydrogen-bond donors (Lipinski definition) is 1. The molecule has 110 valence electrons. The van der Waals surface area contributed by atoms with Crippen LogP contribution < -0.4 is 10.1 Å². The van der Waals surface area contributed by atoms with Crippen molar-refractivity contribution in [2.24, 2.45) is 0 Å². The van der Waals surface area contributed by atoms with Crippen LogP contribution in [0.25, 0.3) is 0 Å². The van der Waals surface area contributed by atoms with Gasteiger partial charge < -0.3 is 15.0 Å². The number of carbonyl (C=O) groups is 1. The predicted molar refractivity (Wildman–Crippen MR) is 80.2 cm³/mol. The number of amides is 1.